The maximum Gasteiger partial charge on any atom is 0.306 e. The van der Waals surface area contributed by atoms with Gasteiger partial charge in [-0.15, -0.1) is 0 Å². The van der Waals surface area contributed by atoms with Crippen LogP contribution in [-0.4, -0.2) is 36.4 Å². The van der Waals surface area contributed by atoms with Crippen molar-refractivity contribution < 1.29 is 24.2 Å². The monoisotopic (exact) mass is 1220 g/mol. The molecule has 1 N–H and O–H groups in total. The zero-order valence-electron chi connectivity index (χ0n) is 58.8. The molecule has 1 unspecified atom stereocenters. The first kappa shape index (κ1) is 84.6. The van der Waals surface area contributed by atoms with Gasteiger partial charge in [0.2, 0.25) is 0 Å². The highest BCUT2D eigenvalue weighted by Crippen LogP contribution is 2.20. The predicted octanol–water partition coefficient (Wildman–Crippen LogP) is 27.6. The zero-order chi connectivity index (χ0) is 62.6. The van der Waals surface area contributed by atoms with Crippen LogP contribution in [0.1, 0.15) is 431 Å². The van der Waals surface area contributed by atoms with Crippen molar-refractivity contribution >= 4 is 11.9 Å². The van der Waals surface area contributed by atoms with Gasteiger partial charge in [-0.1, -0.05) is 421 Å². The average molecular weight is 1220 g/mol. The molecule has 1 atom stereocenters. The maximum atomic E-state index is 12.4. The second-order valence-electron chi connectivity index (χ2n) is 26.8. The Labute approximate surface area is 544 Å². The fraction of sp³-hybridized carbons (Fsp3) is 0.854. The molecule has 0 fully saturated rings. The number of esters is 2. The van der Waals surface area contributed by atoms with E-state index in [9.17, 15) is 14.7 Å². The fourth-order valence-corrected chi connectivity index (χ4v) is 12.2. The molecule has 0 aliphatic rings. The van der Waals surface area contributed by atoms with E-state index >= 15 is 0 Å². The summed E-state index contributed by atoms with van der Waals surface area (Å²) in [6.07, 6.45) is 107. The lowest BCUT2D eigenvalue weighted by Crippen LogP contribution is -2.28. The third-order valence-electron chi connectivity index (χ3n) is 18.1. The number of hydrogen-bond acceptors (Lipinski definition) is 5. The first-order valence-electron chi connectivity index (χ1n) is 39.3. The van der Waals surface area contributed by atoms with Crippen molar-refractivity contribution in [1.82, 2.24) is 0 Å². The minimum atomic E-state index is -0.772. The van der Waals surface area contributed by atoms with E-state index < -0.39 is 6.10 Å². The van der Waals surface area contributed by atoms with E-state index in [1.807, 2.05) is 0 Å². The fourth-order valence-electron chi connectivity index (χ4n) is 12.2. The average Bonchev–Trinajstić information content (AvgIpc) is 3.52. The van der Waals surface area contributed by atoms with Gasteiger partial charge in [0.15, 0.2) is 6.10 Å². The highest BCUT2D eigenvalue weighted by atomic mass is 16.6. The lowest BCUT2D eigenvalue weighted by Gasteiger charge is -2.15. The van der Waals surface area contributed by atoms with Crippen molar-refractivity contribution in [3.05, 3.63) is 60.8 Å². The molecule has 0 aromatic rings. The van der Waals surface area contributed by atoms with Gasteiger partial charge in [0.1, 0.15) is 6.61 Å². The summed E-state index contributed by atoms with van der Waals surface area (Å²) in [6.45, 7) is 4.09. The van der Waals surface area contributed by atoms with E-state index in [0.29, 0.717) is 12.8 Å². The van der Waals surface area contributed by atoms with Gasteiger partial charge in [-0.3, -0.25) is 9.59 Å². The van der Waals surface area contributed by atoms with Crippen molar-refractivity contribution in [3.8, 4) is 0 Å². The molecule has 0 spiro atoms. The zero-order valence-corrected chi connectivity index (χ0v) is 58.8. The van der Waals surface area contributed by atoms with E-state index in [2.05, 4.69) is 74.6 Å². The Bertz CT molecular complexity index is 1480. The molecule has 0 aromatic carbocycles. The van der Waals surface area contributed by atoms with Crippen molar-refractivity contribution in [2.75, 3.05) is 13.2 Å². The second kappa shape index (κ2) is 77.8. The van der Waals surface area contributed by atoms with Crippen LogP contribution in [0.25, 0.3) is 0 Å². The molecule has 0 aliphatic carbocycles. The molecule has 0 aromatic heterocycles. The van der Waals surface area contributed by atoms with Gasteiger partial charge in [0.05, 0.1) is 6.61 Å². The van der Waals surface area contributed by atoms with E-state index in [4.69, 9.17) is 9.47 Å². The summed E-state index contributed by atoms with van der Waals surface area (Å²) < 4.78 is 10.8. The molecular formula is C82H152O5. The van der Waals surface area contributed by atoms with Gasteiger partial charge in [-0.05, 0) is 57.8 Å². The number of hydrogen-bond donors (Lipinski definition) is 1. The third-order valence-corrected chi connectivity index (χ3v) is 18.1. The Balaban J connectivity index is 3.37. The van der Waals surface area contributed by atoms with Crippen molar-refractivity contribution in [1.29, 1.82) is 0 Å². The van der Waals surface area contributed by atoms with E-state index in [1.165, 1.54) is 340 Å². The summed E-state index contributed by atoms with van der Waals surface area (Å²) in [5.41, 5.74) is 0. The van der Waals surface area contributed by atoms with Crippen LogP contribution in [0.3, 0.4) is 0 Å². The Morgan fingerprint density at radius 3 is 0.747 bits per heavy atom. The maximum absolute atomic E-state index is 12.4. The van der Waals surface area contributed by atoms with E-state index in [0.717, 1.165) is 64.2 Å². The molecule has 87 heavy (non-hydrogen) atoms. The molecular weight excluding hydrogens is 1060 g/mol. The van der Waals surface area contributed by atoms with Crippen molar-refractivity contribution in [2.45, 2.75) is 437 Å². The number of aliphatic hydroxyl groups is 1. The van der Waals surface area contributed by atoms with Crippen LogP contribution in [0.2, 0.25) is 0 Å². The summed E-state index contributed by atoms with van der Waals surface area (Å²) in [5.74, 6) is -0.565. The van der Waals surface area contributed by atoms with E-state index in [1.54, 1.807) is 0 Å². The number of carbonyl (C=O) groups excluding carboxylic acids is 2. The molecule has 0 saturated carbocycles. The number of allylic oxidation sites excluding steroid dienone is 10. The molecule has 5 nitrogen and oxygen atoms in total. The quantitative estimate of drug-likeness (QED) is 0.0373. The van der Waals surface area contributed by atoms with Gasteiger partial charge in [-0.25, -0.2) is 0 Å². The van der Waals surface area contributed by atoms with Crippen LogP contribution >= 0.6 is 0 Å². The Hall–Kier alpha value is -2.40. The topological polar surface area (TPSA) is 72.8 Å². The number of carbonyl (C=O) groups is 2. The highest BCUT2D eigenvalue weighted by Gasteiger charge is 2.16. The summed E-state index contributed by atoms with van der Waals surface area (Å²) >= 11 is 0. The molecule has 0 heterocycles. The van der Waals surface area contributed by atoms with Gasteiger partial charge >= 0.3 is 11.9 Å². The van der Waals surface area contributed by atoms with Gasteiger partial charge in [0, 0.05) is 12.8 Å². The highest BCUT2D eigenvalue weighted by molar-refractivity contribution is 5.70. The summed E-state index contributed by atoms with van der Waals surface area (Å²) in [7, 11) is 0. The Kier molecular flexibility index (Phi) is 75.7. The van der Waals surface area contributed by atoms with Crippen molar-refractivity contribution in [2.24, 2.45) is 0 Å². The van der Waals surface area contributed by atoms with Crippen LogP contribution in [0.15, 0.2) is 60.8 Å². The standard InChI is InChI=1S/C82H152O5/c1-3-5-7-9-11-13-15-17-19-21-23-25-27-29-31-33-35-37-39-40-41-43-44-46-48-50-52-54-56-58-60-62-64-66-68-70-72-74-76-81(84)86-79-80(78-83)87-82(85)77-75-73-71-69-67-65-63-61-59-57-55-53-51-49-47-45-42-38-36-34-32-30-28-26-24-22-20-18-16-14-12-10-8-6-4-2/h6,8,12,14,18,20,24,26,30,32,80,83H,3-5,7,9-11,13,15-17,19,21-23,25,27-29,31,33-79H2,1-2H3/b8-6-,14-12-,20-18-,26-24-,32-30-. The molecule has 510 valence electrons. The lowest BCUT2D eigenvalue weighted by molar-refractivity contribution is -0.161. The minimum absolute atomic E-state index is 0.0601. The Morgan fingerprint density at radius 2 is 0.494 bits per heavy atom. The molecule has 0 bridgehead atoms. The minimum Gasteiger partial charge on any atom is -0.462 e. The predicted molar refractivity (Wildman–Crippen MR) is 385 cm³/mol. The molecule has 0 saturated heterocycles. The molecule has 0 rings (SSSR count). The van der Waals surface area contributed by atoms with Crippen LogP contribution in [-0.2, 0) is 19.1 Å². The first-order valence-corrected chi connectivity index (χ1v) is 39.3. The molecule has 0 aliphatic heterocycles. The van der Waals surface area contributed by atoms with Crippen LogP contribution in [0.4, 0.5) is 0 Å². The van der Waals surface area contributed by atoms with E-state index in [-0.39, 0.29) is 25.2 Å². The normalized spacial score (nSPS) is 12.4. The smallest absolute Gasteiger partial charge is 0.306 e. The Morgan fingerprint density at radius 1 is 0.276 bits per heavy atom. The van der Waals surface area contributed by atoms with Gasteiger partial charge in [0.25, 0.3) is 0 Å². The van der Waals surface area contributed by atoms with Crippen LogP contribution in [0, 0.1) is 0 Å². The molecule has 0 amide bonds. The molecule has 0 radical (unpaired) electrons. The molecule has 5 heteroatoms. The van der Waals surface area contributed by atoms with Gasteiger partial charge < -0.3 is 14.6 Å². The van der Waals surface area contributed by atoms with Crippen LogP contribution < -0.4 is 0 Å². The summed E-state index contributed by atoms with van der Waals surface area (Å²) in [4.78, 5) is 24.7. The van der Waals surface area contributed by atoms with Gasteiger partial charge in [-0.2, -0.15) is 0 Å². The van der Waals surface area contributed by atoms with Crippen LogP contribution in [0.5, 0.6) is 0 Å². The second-order valence-corrected chi connectivity index (χ2v) is 26.8. The number of aliphatic hydroxyl groups excluding tert-OH is 1. The number of rotatable bonds is 74. The third kappa shape index (κ3) is 76.0. The lowest BCUT2D eigenvalue weighted by atomic mass is 10.0. The largest absolute Gasteiger partial charge is 0.462 e. The SMILES string of the molecule is CC/C=C\C/C=C\C/C=C\C/C=C\C/C=C\CCCCCCCCCCCCCCCCCCCCCC(=O)OC(CO)COC(=O)CCCCCCCCCCCCCCCCCCCCCCCCCCCCCCCCCCCCCCCC. The first-order chi connectivity index (χ1) is 43.1. The summed E-state index contributed by atoms with van der Waals surface area (Å²) in [5, 5.41) is 9.73. The summed E-state index contributed by atoms with van der Waals surface area (Å²) in [6, 6.07) is 0. The number of ether oxygens (including phenoxy) is 2. The van der Waals surface area contributed by atoms with Crippen molar-refractivity contribution in [3.63, 3.8) is 0 Å². The number of unbranched alkanes of at least 4 members (excludes halogenated alkanes) is 56.